The van der Waals surface area contributed by atoms with Gasteiger partial charge < -0.3 is 16.6 Å². The summed E-state index contributed by atoms with van der Waals surface area (Å²) in [5, 5.41) is 17.3. The van der Waals surface area contributed by atoms with Gasteiger partial charge in [0, 0.05) is 64.9 Å². The molecule has 1 unspecified atom stereocenters. The third kappa shape index (κ3) is 4.25. The van der Waals surface area contributed by atoms with Gasteiger partial charge in [0.25, 0.3) is 0 Å². The minimum atomic E-state index is -0.548. The van der Waals surface area contributed by atoms with Gasteiger partial charge in [0.05, 0.1) is 5.69 Å². The summed E-state index contributed by atoms with van der Waals surface area (Å²) in [6.45, 7) is 8.14. The monoisotopic (exact) mass is 401 g/mol. The van der Waals surface area contributed by atoms with Gasteiger partial charge in [-0.15, -0.1) is 0 Å². The molecule has 1 atom stereocenters. The van der Waals surface area contributed by atoms with E-state index in [1.807, 2.05) is 38.1 Å². The van der Waals surface area contributed by atoms with E-state index in [2.05, 4.69) is 33.8 Å². The number of hydrogen-bond acceptors (Lipinski definition) is 7. The molecule has 3 heterocycles. The number of rotatable bonds is 7. The van der Waals surface area contributed by atoms with E-state index in [4.69, 9.17) is 16.6 Å². The highest BCUT2D eigenvalue weighted by molar-refractivity contribution is 6.13. The van der Waals surface area contributed by atoms with Crippen molar-refractivity contribution in [3.05, 3.63) is 65.9 Å². The third-order valence-corrected chi connectivity index (χ3v) is 5.73. The summed E-state index contributed by atoms with van der Waals surface area (Å²) in [5.74, 6) is 0.379. The van der Waals surface area contributed by atoms with Gasteiger partial charge in [-0.25, -0.2) is 9.97 Å². The van der Waals surface area contributed by atoms with Gasteiger partial charge in [-0.05, 0) is 43.5 Å². The van der Waals surface area contributed by atoms with Gasteiger partial charge in [0.2, 0.25) is 5.95 Å². The second-order valence-electron chi connectivity index (χ2n) is 7.94. The van der Waals surface area contributed by atoms with Crippen LogP contribution in [0.15, 0.2) is 49.1 Å². The Bertz CT molecular complexity index is 1040. The highest BCUT2D eigenvalue weighted by atomic mass is 15.0. The minimum Gasteiger partial charge on any atom is -0.368 e. The molecule has 7 nitrogen and oxygen atoms in total. The first kappa shape index (κ1) is 21.2. The van der Waals surface area contributed by atoms with Gasteiger partial charge in [-0.3, -0.25) is 9.97 Å². The van der Waals surface area contributed by atoms with Crippen molar-refractivity contribution in [1.82, 2.24) is 19.9 Å². The zero-order valence-electron chi connectivity index (χ0n) is 17.8. The van der Waals surface area contributed by atoms with Crippen molar-refractivity contribution in [3.8, 4) is 11.3 Å². The molecule has 0 fully saturated rings. The molecule has 0 saturated carbocycles. The number of nitrogens with two attached hydrogens (primary N) is 1. The molecule has 3 rings (SSSR count). The van der Waals surface area contributed by atoms with Crippen molar-refractivity contribution in [1.29, 1.82) is 10.8 Å². The van der Waals surface area contributed by atoms with Crippen LogP contribution in [0.2, 0.25) is 0 Å². The van der Waals surface area contributed by atoms with Crippen LogP contribution in [0.5, 0.6) is 0 Å². The van der Waals surface area contributed by atoms with Crippen LogP contribution in [0.25, 0.3) is 11.3 Å². The van der Waals surface area contributed by atoms with Crippen LogP contribution in [0.1, 0.15) is 44.0 Å². The van der Waals surface area contributed by atoms with Crippen LogP contribution < -0.4 is 5.73 Å². The number of aromatic nitrogens is 4. The first-order valence-electron chi connectivity index (χ1n) is 9.84. The largest absolute Gasteiger partial charge is 0.368 e. The van der Waals surface area contributed by atoms with Crippen molar-refractivity contribution in [2.24, 2.45) is 5.92 Å². The Balaban J connectivity index is 1.85. The van der Waals surface area contributed by atoms with E-state index in [-0.39, 0.29) is 18.3 Å². The van der Waals surface area contributed by atoms with Gasteiger partial charge in [-0.1, -0.05) is 19.9 Å². The predicted molar refractivity (Wildman–Crippen MR) is 120 cm³/mol. The van der Waals surface area contributed by atoms with Gasteiger partial charge in [-0.2, -0.15) is 0 Å². The van der Waals surface area contributed by atoms with Crippen molar-refractivity contribution < 1.29 is 0 Å². The first-order chi connectivity index (χ1) is 14.2. The fourth-order valence-corrected chi connectivity index (χ4v) is 3.31. The van der Waals surface area contributed by atoms with Crippen molar-refractivity contribution >= 4 is 17.4 Å². The Morgan fingerprint density at radius 1 is 0.967 bits per heavy atom. The summed E-state index contributed by atoms with van der Waals surface area (Å²) in [5.41, 5.74) is 10.0. The van der Waals surface area contributed by atoms with Gasteiger partial charge >= 0.3 is 0 Å². The number of hydrogen-bond donors (Lipinski definition) is 3. The van der Waals surface area contributed by atoms with Crippen molar-refractivity contribution in [3.63, 3.8) is 0 Å². The zero-order chi connectivity index (χ0) is 21.9. The maximum absolute atomic E-state index is 8.85. The second-order valence-corrected chi connectivity index (χ2v) is 7.94. The molecule has 0 aliphatic heterocycles. The first-order valence-corrected chi connectivity index (χ1v) is 9.84. The number of nitrogens with zero attached hydrogens (tertiary/aromatic N) is 4. The Hall–Kier alpha value is -3.48. The van der Waals surface area contributed by atoms with Gasteiger partial charge in [0.1, 0.15) is 0 Å². The number of pyridine rings is 2. The highest BCUT2D eigenvalue weighted by Gasteiger charge is 2.36. The van der Waals surface area contributed by atoms with Crippen LogP contribution in [-0.2, 0) is 5.41 Å². The zero-order valence-corrected chi connectivity index (χ0v) is 17.8. The standard InChI is InChI=1S/C23H27N7/c1-14(2)23(4,21(25)9-19(24)16-6-5-15(3)27-10-16)18-7-8-20(28-13-18)17-11-29-22(26)30-12-17/h5-8,10-14,24-25H,9H2,1-4H3,(H2,26,29,30). The Morgan fingerprint density at radius 2 is 1.67 bits per heavy atom. The summed E-state index contributed by atoms with van der Waals surface area (Å²) < 4.78 is 0. The number of anilines is 1. The van der Waals surface area contributed by atoms with Crippen LogP contribution >= 0.6 is 0 Å². The van der Waals surface area contributed by atoms with Crippen molar-refractivity contribution in [2.45, 2.75) is 39.5 Å². The molecule has 4 N–H and O–H groups in total. The van der Waals surface area contributed by atoms with Crippen LogP contribution in [0.4, 0.5) is 5.95 Å². The average molecular weight is 402 g/mol. The Kier molecular flexibility index (Phi) is 6.01. The lowest BCUT2D eigenvalue weighted by atomic mass is 9.69. The Labute approximate surface area is 176 Å². The topological polar surface area (TPSA) is 125 Å². The molecule has 0 aliphatic rings. The van der Waals surface area contributed by atoms with Gasteiger partial charge in [0.15, 0.2) is 0 Å². The molecule has 3 aromatic rings. The second kappa shape index (κ2) is 8.49. The fraction of sp³-hybridized carbons (Fsp3) is 0.304. The molecule has 0 aliphatic carbocycles. The molecule has 0 amide bonds. The lowest BCUT2D eigenvalue weighted by Crippen LogP contribution is -2.38. The summed E-state index contributed by atoms with van der Waals surface area (Å²) in [6.07, 6.45) is 7.04. The van der Waals surface area contributed by atoms with Crippen molar-refractivity contribution in [2.75, 3.05) is 5.73 Å². The lowest BCUT2D eigenvalue weighted by Gasteiger charge is -2.35. The van der Waals surface area contributed by atoms with Crippen LogP contribution in [0, 0.1) is 23.7 Å². The number of nitrogen functional groups attached to an aromatic ring is 1. The molecule has 0 spiro atoms. The molecule has 154 valence electrons. The van der Waals surface area contributed by atoms with E-state index in [0.29, 0.717) is 11.4 Å². The van der Waals surface area contributed by atoms with Crippen LogP contribution in [0.3, 0.4) is 0 Å². The molecule has 0 radical (unpaired) electrons. The van der Waals surface area contributed by atoms with E-state index in [0.717, 1.165) is 28.1 Å². The summed E-state index contributed by atoms with van der Waals surface area (Å²) in [7, 11) is 0. The molecule has 0 saturated heterocycles. The van der Waals surface area contributed by atoms with E-state index in [1.165, 1.54) is 0 Å². The molecule has 0 bridgehead atoms. The molecule has 0 aromatic carbocycles. The maximum atomic E-state index is 8.85. The number of nitrogens with one attached hydrogen (secondary N) is 2. The molecular weight excluding hydrogens is 374 g/mol. The summed E-state index contributed by atoms with van der Waals surface area (Å²) in [4.78, 5) is 16.9. The lowest BCUT2D eigenvalue weighted by molar-refractivity contribution is 0.443. The van der Waals surface area contributed by atoms with E-state index >= 15 is 0 Å². The smallest absolute Gasteiger partial charge is 0.219 e. The molecular formula is C23H27N7. The van der Waals surface area contributed by atoms with E-state index < -0.39 is 5.41 Å². The van der Waals surface area contributed by atoms with Crippen LogP contribution in [-0.4, -0.2) is 31.4 Å². The fourth-order valence-electron chi connectivity index (χ4n) is 3.31. The third-order valence-electron chi connectivity index (χ3n) is 5.73. The summed E-state index contributed by atoms with van der Waals surface area (Å²) >= 11 is 0. The molecule has 30 heavy (non-hydrogen) atoms. The van der Waals surface area contributed by atoms with E-state index in [9.17, 15) is 0 Å². The molecule has 7 heteroatoms. The normalized spacial score (nSPS) is 13.1. The average Bonchev–Trinajstić information content (AvgIpc) is 2.74. The minimum absolute atomic E-state index is 0.154. The predicted octanol–water partition coefficient (Wildman–Crippen LogP) is 4.22. The molecule has 3 aromatic heterocycles. The SMILES string of the molecule is Cc1ccc(C(=N)CC(=N)C(C)(c2ccc(-c3cnc(N)nc3)nc2)C(C)C)cn1. The maximum Gasteiger partial charge on any atom is 0.219 e. The Morgan fingerprint density at radius 3 is 2.20 bits per heavy atom. The summed E-state index contributed by atoms with van der Waals surface area (Å²) in [6, 6.07) is 7.67. The van der Waals surface area contributed by atoms with E-state index in [1.54, 1.807) is 24.8 Å². The highest BCUT2D eigenvalue weighted by Crippen LogP contribution is 2.35. The quantitative estimate of drug-likeness (QED) is 0.511. The number of aryl methyl sites for hydroxylation is 1.